The summed E-state index contributed by atoms with van der Waals surface area (Å²) < 4.78 is 1.08. The van der Waals surface area contributed by atoms with Gasteiger partial charge in [-0.2, -0.15) is 0 Å². The van der Waals surface area contributed by atoms with Gasteiger partial charge in [0.25, 0.3) is 0 Å². The second kappa shape index (κ2) is 14.9. The zero-order chi connectivity index (χ0) is 25.3. The van der Waals surface area contributed by atoms with Gasteiger partial charge in [-0.15, -0.1) is 5.06 Å². The number of likely N-dealkylation sites (N-methyl/N-ethyl adjacent to an activating group) is 2. The van der Waals surface area contributed by atoms with Gasteiger partial charge in [0.15, 0.2) is 16.8 Å². The molecule has 193 valence electrons. The van der Waals surface area contributed by atoms with E-state index in [9.17, 15) is 10.4 Å². The summed E-state index contributed by atoms with van der Waals surface area (Å²) in [6.07, 6.45) is 1.35. The van der Waals surface area contributed by atoms with E-state index in [1.165, 1.54) is 0 Å². The first-order valence-electron chi connectivity index (χ1n) is 11.0. The van der Waals surface area contributed by atoms with Gasteiger partial charge < -0.3 is 25.2 Å². The summed E-state index contributed by atoms with van der Waals surface area (Å²) in [5, 5.41) is 38.7. The predicted octanol–water partition coefficient (Wildman–Crippen LogP) is 1.74. The minimum Gasteiger partial charge on any atom is -0.393 e. The molecule has 33 heavy (non-hydrogen) atoms. The molecule has 10 heteroatoms. The number of aromatic nitrogens is 1. The number of hydrogen-bond donors (Lipinski definition) is 4. The van der Waals surface area contributed by atoms with E-state index in [4.69, 9.17) is 10.2 Å². The third-order valence-corrected chi connectivity index (χ3v) is 5.53. The second-order valence-corrected chi connectivity index (χ2v) is 9.82. The Morgan fingerprint density at radius 2 is 1.42 bits per heavy atom. The minimum atomic E-state index is -0.616. The number of nitrogens with zero attached hydrogens (tertiary/aromatic N) is 5. The number of rotatable bonds is 6. The fourth-order valence-corrected chi connectivity index (χ4v) is 2.74. The Morgan fingerprint density at radius 1 is 0.970 bits per heavy atom. The summed E-state index contributed by atoms with van der Waals surface area (Å²) in [6.45, 7) is 13.1. The van der Waals surface area contributed by atoms with E-state index in [0.717, 1.165) is 22.9 Å². The van der Waals surface area contributed by atoms with Crippen LogP contribution in [-0.2, 0) is 16.5 Å². The van der Waals surface area contributed by atoms with Gasteiger partial charge in [-0.1, -0.05) is 10.8 Å². The molecule has 1 aliphatic rings. The molecule has 1 aromatic rings. The van der Waals surface area contributed by atoms with Crippen LogP contribution in [0.1, 0.15) is 53.7 Å². The third-order valence-electron chi connectivity index (χ3n) is 5.53. The smallest absolute Gasteiger partial charge is 0.393 e. The van der Waals surface area contributed by atoms with Crippen molar-refractivity contribution >= 4 is 5.84 Å². The van der Waals surface area contributed by atoms with Crippen LogP contribution >= 0.6 is 0 Å². The maximum atomic E-state index is 10.2. The van der Waals surface area contributed by atoms with Crippen LogP contribution in [0.5, 0.6) is 0 Å². The molecular weight excluding hydrogens is 469 g/mol. The van der Waals surface area contributed by atoms with Gasteiger partial charge in [0, 0.05) is 19.3 Å². The molecule has 0 bridgehead atoms. The van der Waals surface area contributed by atoms with Gasteiger partial charge in [-0.05, 0) is 88.3 Å². The van der Waals surface area contributed by atoms with Gasteiger partial charge >= 0.3 is 22.3 Å². The van der Waals surface area contributed by atoms with Crippen LogP contribution in [0.2, 0.25) is 0 Å². The van der Waals surface area contributed by atoms with Crippen LogP contribution in [0.4, 0.5) is 0 Å². The molecule has 0 saturated carbocycles. The predicted molar refractivity (Wildman–Crippen MR) is 127 cm³/mol. The Hall–Kier alpha value is -1.29. The van der Waals surface area contributed by atoms with E-state index in [-0.39, 0.29) is 28.7 Å². The van der Waals surface area contributed by atoms with Crippen LogP contribution in [-0.4, -0.2) is 116 Å². The average Bonchev–Trinajstić information content (AvgIpc) is 2.78. The Kier molecular flexibility index (Phi) is 15.3. The van der Waals surface area contributed by atoms with Crippen molar-refractivity contribution in [3.05, 3.63) is 30.1 Å². The molecule has 4 N–H and O–H groups in total. The molecule has 0 spiro atoms. The molecule has 1 aliphatic heterocycles. The molecule has 0 aromatic carbocycles. The van der Waals surface area contributed by atoms with Crippen LogP contribution < -0.4 is 0 Å². The molecule has 2 unspecified atom stereocenters. The van der Waals surface area contributed by atoms with E-state index >= 15 is 0 Å². The largest absolute Gasteiger partial charge is 3.00 e. The minimum absolute atomic E-state index is 0. The standard InChI is InChI=1S/C12H18N3O2.C6H16N2.C5H12O2.Ni/c1-11(2)12(3,4)15(17)10(14(11)16)9-7-5-6-8-13-9;1-7(2)5-6-8(3)4;1-4(6)3-5(2)7;/h5-8,16-17H,1-4H3;5-6H2,1-4H3;4-7H,3H2,1-2H3;/q+1;;;+3. The van der Waals surface area contributed by atoms with Crippen LogP contribution in [0.3, 0.4) is 0 Å². The number of amidine groups is 1. The summed E-state index contributed by atoms with van der Waals surface area (Å²) >= 11 is 0. The van der Waals surface area contributed by atoms with E-state index < -0.39 is 11.1 Å². The van der Waals surface area contributed by atoms with Crippen molar-refractivity contribution in [3.63, 3.8) is 0 Å². The molecule has 9 nitrogen and oxygen atoms in total. The maximum Gasteiger partial charge on any atom is 3.00 e. The van der Waals surface area contributed by atoms with Crippen LogP contribution in [0.25, 0.3) is 0 Å². The molecule has 2 rings (SSSR count). The van der Waals surface area contributed by atoms with Gasteiger partial charge in [-0.25, -0.2) is 10.2 Å². The second-order valence-electron chi connectivity index (χ2n) is 9.82. The number of pyridine rings is 1. The zero-order valence-electron chi connectivity index (χ0n) is 21.9. The first-order chi connectivity index (χ1) is 14.6. The Labute approximate surface area is 210 Å². The van der Waals surface area contributed by atoms with Gasteiger partial charge in [-0.3, -0.25) is 0 Å². The van der Waals surface area contributed by atoms with E-state index in [0.29, 0.717) is 18.0 Å². The topological polar surface area (TPSA) is 107 Å². The SMILES string of the molecule is CC(O)CC(C)O.CC1(C)N(O)C(c2ccccn2)=[N+](O)C1(C)C.CN(C)CCN(C)C.[Ni+3]. The van der Waals surface area contributed by atoms with Crippen molar-refractivity contribution in [2.24, 2.45) is 0 Å². The van der Waals surface area contributed by atoms with E-state index in [1.807, 2.05) is 33.8 Å². The van der Waals surface area contributed by atoms with Crippen molar-refractivity contribution in [2.45, 2.75) is 71.2 Å². The Balaban J connectivity index is 0. The van der Waals surface area contributed by atoms with Crippen LogP contribution in [0.15, 0.2) is 24.4 Å². The monoisotopic (exact) mass is 514 g/mol. The number of hydroxylamine groups is 3. The molecule has 1 aromatic heterocycles. The average molecular weight is 515 g/mol. The summed E-state index contributed by atoms with van der Waals surface area (Å²) in [5.74, 6) is 0.306. The third kappa shape index (κ3) is 10.7. The first-order valence-corrected chi connectivity index (χ1v) is 11.0. The summed E-state index contributed by atoms with van der Waals surface area (Å²) in [4.78, 5) is 8.51. The van der Waals surface area contributed by atoms with Gasteiger partial charge in [0.1, 0.15) is 0 Å². The fourth-order valence-electron chi connectivity index (χ4n) is 2.74. The molecule has 0 aliphatic carbocycles. The van der Waals surface area contributed by atoms with Crippen molar-refractivity contribution in [1.29, 1.82) is 0 Å². The summed E-state index contributed by atoms with van der Waals surface area (Å²) in [6, 6.07) is 5.35. The summed E-state index contributed by atoms with van der Waals surface area (Å²) in [7, 11) is 8.35. The number of aliphatic hydroxyl groups is 2. The maximum absolute atomic E-state index is 10.2. The van der Waals surface area contributed by atoms with Gasteiger partial charge in [0.05, 0.1) is 12.2 Å². The van der Waals surface area contributed by atoms with Crippen molar-refractivity contribution in [3.8, 4) is 0 Å². The first kappa shape index (κ1) is 33.9. The fraction of sp³-hybridized carbons (Fsp3) is 0.739. The van der Waals surface area contributed by atoms with E-state index in [2.05, 4.69) is 43.0 Å². The molecule has 2 heterocycles. The molecule has 0 amide bonds. The van der Waals surface area contributed by atoms with Crippen molar-refractivity contribution < 1.29 is 41.9 Å². The number of aliphatic hydroxyl groups excluding tert-OH is 2. The zero-order valence-corrected chi connectivity index (χ0v) is 22.9. The molecular formula is C23H46N5NiO4+4. The van der Waals surface area contributed by atoms with Crippen molar-refractivity contribution in [2.75, 3.05) is 41.3 Å². The normalized spacial score (nSPS) is 18.1. The number of hydrogen-bond acceptors (Lipinski definition) is 8. The van der Waals surface area contributed by atoms with Crippen molar-refractivity contribution in [1.82, 2.24) is 19.8 Å². The van der Waals surface area contributed by atoms with Crippen LogP contribution in [0, 0.1) is 0 Å². The Morgan fingerprint density at radius 3 is 1.67 bits per heavy atom. The van der Waals surface area contributed by atoms with Gasteiger partial charge in [0.2, 0.25) is 0 Å². The molecule has 0 fully saturated rings. The van der Waals surface area contributed by atoms with E-state index in [1.54, 1.807) is 32.2 Å². The molecule has 2 atom stereocenters. The Bertz CT molecular complexity index is 681. The quantitative estimate of drug-likeness (QED) is 0.258. The molecule has 0 saturated heterocycles. The summed E-state index contributed by atoms with van der Waals surface area (Å²) in [5.41, 5.74) is -0.695. The molecule has 1 radical (unpaired) electrons.